The first-order chi connectivity index (χ1) is 23.8. The monoisotopic (exact) mass is 629 g/mol. The molecule has 0 N–H and O–H groups in total. The molecular weight excluding hydrogens is 599 g/mol. The molecule has 8 aromatic carbocycles. The lowest BCUT2D eigenvalue weighted by molar-refractivity contribution is 1.31. The average molecular weight is 630 g/mol. The van der Waals surface area contributed by atoms with Crippen molar-refractivity contribution in [3.05, 3.63) is 188 Å². The third-order valence-electron chi connectivity index (χ3n) is 9.27. The van der Waals surface area contributed by atoms with Crippen LogP contribution in [0.25, 0.3) is 64.3 Å². The maximum absolute atomic E-state index is 2.49. The lowest BCUT2D eigenvalue weighted by Crippen LogP contribution is -2.12. The molecule has 226 valence electrons. The zero-order valence-corrected chi connectivity index (χ0v) is 27.1. The van der Waals surface area contributed by atoms with Crippen molar-refractivity contribution < 1.29 is 0 Å². The number of benzene rings is 8. The first kappa shape index (κ1) is 28.3. The number of rotatable bonds is 6. The Labute approximate surface area is 284 Å². The summed E-state index contributed by atoms with van der Waals surface area (Å²) in [7, 11) is 0. The second-order valence-electron chi connectivity index (χ2n) is 12.1. The van der Waals surface area contributed by atoms with Crippen molar-refractivity contribution in [3.8, 4) is 33.4 Å². The molecule has 0 spiro atoms. The normalized spacial score (nSPS) is 11.3. The van der Waals surface area contributed by atoms with Gasteiger partial charge in [0, 0.05) is 36.8 Å². The molecular formula is C46H31NS. The molecule has 0 saturated carbocycles. The van der Waals surface area contributed by atoms with E-state index in [0.29, 0.717) is 0 Å². The molecule has 2 heteroatoms. The molecule has 1 heterocycles. The van der Waals surface area contributed by atoms with Gasteiger partial charge in [-0.15, -0.1) is 11.3 Å². The molecule has 9 aromatic rings. The third kappa shape index (κ3) is 4.95. The number of thiophene rings is 1. The van der Waals surface area contributed by atoms with Gasteiger partial charge in [0.2, 0.25) is 0 Å². The highest BCUT2D eigenvalue weighted by Gasteiger charge is 2.23. The van der Waals surface area contributed by atoms with Crippen molar-refractivity contribution in [2.45, 2.75) is 0 Å². The zero-order chi connectivity index (χ0) is 31.9. The number of fused-ring (bicyclic) bond motifs is 4. The Kier molecular flexibility index (Phi) is 7.07. The summed E-state index contributed by atoms with van der Waals surface area (Å²) in [4.78, 5) is 2.49. The number of hydrogen-bond donors (Lipinski definition) is 0. The number of hydrogen-bond acceptors (Lipinski definition) is 2. The Morgan fingerprint density at radius 1 is 0.375 bits per heavy atom. The molecule has 1 aromatic heterocycles. The fourth-order valence-electron chi connectivity index (χ4n) is 6.96. The highest BCUT2D eigenvalue weighted by Crippen LogP contribution is 2.50. The van der Waals surface area contributed by atoms with Crippen LogP contribution in [-0.4, -0.2) is 0 Å². The highest BCUT2D eigenvalue weighted by atomic mass is 32.1. The van der Waals surface area contributed by atoms with Crippen LogP contribution in [0, 0.1) is 0 Å². The van der Waals surface area contributed by atoms with E-state index in [0.717, 1.165) is 11.4 Å². The Morgan fingerprint density at radius 2 is 0.896 bits per heavy atom. The third-order valence-corrected chi connectivity index (χ3v) is 10.4. The van der Waals surface area contributed by atoms with E-state index in [-0.39, 0.29) is 0 Å². The van der Waals surface area contributed by atoms with Crippen LogP contribution >= 0.6 is 11.3 Å². The van der Waals surface area contributed by atoms with E-state index >= 15 is 0 Å². The fraction of sp³-hybridized carbons (Fsp3) is 0. The van der Waals surface area contributed by atoms with Gasteiger partial charge >= 0.3 is 0 Å². The summed E-state index contributed by atoms with van der Waals surface area (Å²) in [6, 6.07) is 68.1. The summed E-state index contributed by atoms with van der Waals surface area (Å²) in [6.07, 6.45) is 0. The smallest absolute Gasteiger partial charge is 0.0633 e. The Balaban J connectivity index is 1.27. The van der Waals surface area contributed by atoms with Crippen molar-refractivity contribution in [1.29, 1.82) is 0 Å². The van der Waals surface area contributed by atoms with Crippen LogP contribution in [0.5, 0.6) is 0 Å². The zero-order valence-electron chi connectivity index (χ0n) is 26.3. The van der Waals surface area contributed by atoms with Crippen molar-refractivity contribution in [2.75, 3.05) is 4.90 Å². The summed E-state index contributed by atoms with van der Waals surface area (Å²) in [5, 5.41) is 5.05. The summed E-state index contributed by atoms with van der Waals surface area (Å²) >= 11 is 1.87. The van der Waals surface area contributed by atoms with Gasteiger partial charge in [0.1, 0.15) is 0 Å². The van der Waals surface area contributed by atoms with E-state index in [1.54, 1.807) is 0 Å². The molecule has 0 fully saturated rings. The Hall–Kier alpha value is -5.96. The quantitative estimate of drug-likeness (QED) is 0.177. The lowest BCUT2D eigenvalue weighted by atomic mass is 9.97. The molecule has 0 saturated heterocycles. The SMILES string of the molecule is c1ccc(-c2ccc(-c3ccc(N(c4ccccc4-c4ccccc4)c4c5ccccc5cc5sc6ccccc6c45)cc3)cc2)cc1. The van der Waals surface area contributed by atoms with Crippen LogP contribution in [0.4, 0.5) is 17.1 Å². The maximum atomic E-state index is 2.49. The van der Waals surface area contributed by atoms with Crippen molar-refractivity contribution in [3.63, 3.8) is 0 Å². The standard InChI is InChI=1S/C46H31NS/c1-3-13-32(14-4-1)33-23-25-34(26-24-33)35-27-29-38(30-28-35)47(42-21-11-9-18-39(42)36-15-5-2-6-16-36)46-40-19-8-7-17-37(40)31-44-45(46)41-20-10-12-22-43(41)48-44/h1-31H. The maximum Gasteiger partial charge on any atom is 0.0633 e. The van der Waals surface area contributed by atoms with Crippen LogP contribution in [-0.2, 0) is 0 Å². The number of para-hydroxylation sites is 1. The predicted octanol–water partition coefficient (Wildman–Crippen LogP) is 13.7. The van der Waals surface area contributed by atoms with Gasteiger partial charge in [-0.25, -0.2) is 0 Å². The first-order valence-corrected chi connectivity index (χ1v) is 17.2. The molecule has 0 amide bonds. The van der Waals surface area contributed by atoms with E-state index in [2.05, 4.69) is 193 Å². The second kappa shape index (κ2) is 12.0. The first-order valence-electron chi connectivity index (χ1n) is 16.4. The molecule has 0 unspecified atom stereocenters. The molecule has 48 heavy (non-hydrogen) atoms. The molecule has 0 bridgehead atoms. The fourth-order valence-corrected chi connectivity index (χ4v) is 8.12. The van der Waals surface area contributed by atoms with Crippen LogP contribution in [0.15, 0.2) is 188 Å². The van der Waals surface area contributed by atoms with E-state index in [1.807, 2.05) is 11.3 Å². The number of anilines is 3. The van der Waals surface area contributed by atoms with E-state index in [9.17, 15) is 0 Å². The summed E-state index contributed by atoms with van der Waals surface area (Å²) in [6.45, 7) is 0. The summed E-state index contributed by atoms with van der Waals surface area (Å²) in [5.74, 6) is 0. The van der Waals surface area contributed by atoms with Crippen molar-refractivity contribution >= 4 is 59.3 Å². The van der Waals surface area contributed by atoms with Crippen LogP contribution < -0.4 is 4.90 Å². The topological polar surface area (TPSA) is 3.24 Å². The van der Waals surface area contributed by atoms with Crippen LogP contribution in [0.1, 0.15) is 0 Å². The van der Waals surface area contributed by atoms with Gasteiger partial charge in [0.15, 0.2) is 0 Å². The van der Waals surface area contributed by atoms with Crippen LogP contribution in [0.2, 0.25) is 0 Å². The minimum Gasteiger partial charge on any atom is -0.309 e. The highest BCUT2D eigenvalue weighted by molar-refractivity contribution is 7.26. The summed E-state index contributed by atoms with van der Waals surface area (Å²) in [5.41, 5.74) is 10.7. The molecule has 9 rings (SSSR count). The predicted molar refractivity (Wildman–Crippen MR) is 208 cm³/mol. The van der Waals surface area contributed by atoms with Gasteiger partial charge in [-0.1, -0.05) is 158 Å². The number of nitrogens with zero attached hydrogens (tertiary/aromatic N) is 1. The second-order valence-corrected chi connectivity index (χ2v) is 13.2. The van der Waals surface area contributed by atoms with Gasteiger partial charge in [0.25, 0.3) is 0 Å². The Bertz CT molecular complexity index is 2530. The van der Waals surface area contributed by atoms with E-state index < -0.39 is 0 Å². The van der Waals surface area contributed by atoms with Gasteiger partial charge in [-0.05, 0) is 63.5 Å². The molecule has 0 aliphatic rings. The van der Waals surface area contributed by atoms with Gasteiger partial charge in [0.05, 0.1) is 11.4 Å². The molecule has 0 aliphatic carbocycles. The van der Waals surface area contributed by atoms with E-state index in [1.165, 1.54) is 70.0 Å². The van der Waals surface area contributed by atoms with Crippen molar-refractivity contribution in [2.24, 2.45) is 0 Å². The lowest BCUT2D eigenvalue weighted by Gasteiger charge is -2.30. The molecule has 0 radical (unpaired) electrons. The molecule has 0 aliphatic heterocycles. The molecule has 1 nitrogen and oxygen atoms in total. The minimum atomic E-state index is 1.12. The Morgan fingerprint density at radius 3 is 1.60 bits per heavy atom. The van der Waals surface area contributed by atoms with E-state index in [4.69, 9.17) is 0 Å². The average Bonchev–Trinajstić information content (AvgIpc) is 3.54. The van der Waals surface area contributed by atoms with Gasteiger partial charge in [-0.3, -0.25) is 0 Å². The largest absolute Gasteiger partial charge is 0.309 e. The minimum absolute atomic E-state index is 1.12. The van der Waals surface area contributed by atoms with Crippen LogP contribution in [0.3, 0.4) is 0 Å². The summed E-state index contributed by atoms with van der Waals surface area (Å²) < 4.78 is 2.59. The molecule has 0 atom stereocenters. The van der Waals surface area contributed by atoms with Gasteiger partial charge in [-0.2, -0.15) is 0 Å². The van der Waals surface area contributed by atoms with Crippen molar-refractivity contribution in [1.82, 2.24) is 0 Å². The van der Waals surface area contributed by atoms with Gasteiger partial charge < -0.3 is 4.90 Å².